The van der Waals surface area contributed by atoms with Gasteiger partial charge in [-0.1, -0.05) is 18.9 Å². The van der Waals surface area contributed by atoms with Crippen LogP contribution in [-0.2, 0) is 4.79 Å². The fraction of sp³-hybridized carbons (Fsp3) is 0.500. The molecular weight excluding hydrogens is 375 g/mol. The number of amides is 1. The first-order valence-electron chi connectivity index (χ1n) is 6.34. The molecule has 0 bridgehead atoms. The van der Waals surface area contributed by atoms with Gasteiger partial charge in [0.15, 0.2) is 0 Å². The van der Waals surface area contributed by atoms with Gasteiger partial charge < -0.3 is 11.1 Å². The molecule has 2 atom stereocenters. The van der Waals surface area contributed by atoms with Gasteiger partial charge >= 0.3 is 0 Å². The molecule has 1 aromatic rings. The molecule has 2 unspecified atom stereocenters. The fourth-order valence-electron chi connectivity index (χ4n) is 2.58. The van der Waals surface area contributed by atoms with Crippen molar-refractivity contribution in [2.75, 3.05) is 5.32 Å². The van der Waals surface area contributed by atoms with Crippen LogP contribution in [0.5, 0.6) is 0 Å². The van der Waals surface area contributed by atoms with Crippen molar-refractivity contribution >= 4 is 46.6 Å². The van der Waals surface area contributed by atoms with Crippen LogP contribution in [0.2, 0.25) is 0 Å². The first kappa shape index (κ1) is 16.7. The highest BCUT2D eigenvalue weighted by Gasteiger charge is 2.37. The van der Waals surface area contributed by atoms with E-state index in [2.05, 4.69) is 27.9 Å². The number of rotatable bonds is 2. The number of nitrogens with two attached hydrogens (primary N) is 1. The lowest BCUT2D eigenvalue weighted by Crippen LogP contribution is -2.51. The van der Waals surface area contributed by atoms with Gasteiger partial charge in [0, 0.05) is 14.8 Å². The Morgan fingerprint density at radius 2 is 2.21 bits per heavy atom. The largest absolute Gasteiger partial charge is 0.326 e. The van der Waals surface area contributed by atoms with Crippen LogP contribution < -0.4 is 11.1 Å². The Morgan fingerprint density at radius 1 is 1.47 bits per heavy atom. The fourth-order valence-corrected chi connectivity index (χ4v) is 3.13. The van der Waals surface area contributed by atoms with E-state index in [1.165, 1.54) is 0 Å². The molecule has 0 spiro atoms. The molecule has 1 fully saturated rings. The van der Waals surface area contributed by atoms with E-state index in [9.17, 15) is 4.79 Å². The topological polar surface area (TPSA) is 55.1 Å². The number of carbonyl (C=O) groups excluding carboxylic acids is 1. The Bertz CT molecular complexity index is 451. The minimum atomic E-state index is -0.371. The zero-order chi connectivity index (χ0) is 13.2. The third kappa shape index (κ3) is 4.33. The van der Waals surface area contributed by atoms with Crippen molar-refractivity contribution in [1.82, 2.24) is 0 Å². The maximum Gasteiger partial charge on any atom is 0.229 e. The van der Waals surface area contributed by atoms with E-state index in [-0.39, 0.29) is 29.8 Å². The van der Waals surface area contributed by atoms with E-state index in [4.69, 9.17) is 5.73 Å². The molecule has 0 heterocycles. The predicted molar refractivity (Wildman–Crippen MR) is 89.6 cm³/mol. The number of hydrogen-bond acceptors (Lipinski definition) is 2. The molecular formula is C14H20ClIN2O. The highest BCUT2D eigenvalue weighted by Crippen LogP contribution is 2.32. The van der Waals surface area contributed by atoms with Gasteiger partial charge in [-0.3, -0.25) is 4.79 Å². The second-order valence-corrected chi connectivity index (χ2v) is 6.55. The third-order valence-corrected chi connectivity index (χ3v) is 4.33. The monoisotopic (exact) mass is 394 g/mol. The normalized spacial score (nSPS) is 26.4. The lowest BCUT2D eigenvalue weighted by molar-refractivity contribution is -0.122. The summed E-state index contributed by atoms with van der Waals surface area (Å²) in [6.45, 7) is 1.99. The van der Waals surface area contributed by atoms with E-state index in [0.29, 0.717) is 0 Å². The second-order valence-electron chi connectivity index (χ2n) is 5.30. The molecule has 1 saturated carbocycles. The second kappa shape index (κ2) is 6.90. The van der Waals surface area contributed by atoms with Crippen LogP contribution in [0.15, 0.2) is 24.3 Å². The number of anilines is 1. The number of halogens is 2. The van der Waals surface area contributed by atoms with Gasteiger partial charge in [0.25, 0.3) is 0 Å². The summed E-state index contributed by atoms with van der Waals surface area (Å²) in [5.74, 6) is -0.0224. The molecule has 1 aliphatic rings. The zero-order valence-electron chi connectivity index (χ0n) is 11.0. The van der Waals surface area contributed by atoms with Gasteiger partial charge in [0.05, 0.1) is 5.92 Å². The lowest BCUT2D eigenvalue weighted by atomic mass is 9.74. The van der Waals surface area contributed by atoms with Crippen LogP contribution >= 0.6 is 35.0 Å². The molecule has 1 aromatic carbocycles. The number of hydrogen-bond donors (Lipinski definition) is 2. The molecule has 0 aliphatic heterocycles. The first-order chi connectivity index (χ1) is 8.49. The third-order valence-electron chi connectivity index (χ3n) is 3.66. The SMILES string of the molecule is CC1(N)CCCCC1C(=O)Nc1cccc(I)c1.Cl. The van der Waals surface area contributed by atoms with Gasteiger partial charge in [0.1, 0.15) is 0 Å². The molecule has 1 amide bonds. The van der Waals surface area contributed by atoms with E-state index in [1.54, 1.807) is 0 Å². The molecule has 0 aromatic heterocycles. The highest BCUT2D eigenvalue weighted by atomic mass is 127. The Balaban J connectivity index is 0.00000180. The van der Waals surface area contributed by atoms with Crippen LogP contribution in [0.1, 0.15) is 32.6 Å². The summed E-state index contributed by atoms with van der Waals surface area (Å²) in [5.41, 5.74) is 6.73. The standard InChI is InChI=1S/C14H19IN2O.ClH/c1-14(16)8-3-2-7-12(14)13(18)17-11-6-4-5-10(15)9-11;/h4-6,9,12H,2-3,7-8,16H2,1H3,(H,17,18);1H. The van der Waals surface area contributed by atoms with Crippen molar-refractivity contribution in [1.29, 1.82) is 0 Å². The van der Waals surface area contributed by atoms with E-state index in [1.807, 2.05) is 31.2 Å². The molecule has 0 saturated heterocycles. The number of carbonyl (C=O) groups is 1. The van der Waals surface area contributed by atoms with Crippen molar-refractivity contribution in [3.8, 4) is 0 Å². The molecule has 106 valence electrons. The van der Waals surface area contributed by atoms with Gasteiger partial charge in [0.2, 0.25) is 5.91 Å². The summed E-state index contributed by atoms with van der Waals surface area (Å²) in [6.07, 6.45) is 4.04. The van der Waals surface area contributed by atoms with Gasteiger partial charge in [-0.25, -0.2) is 0 Å². The number of nitrogens with one attached hydrogen (secondary N) is 1. The maximum atomic E-state index is 12.3. The summed E-state index contributed by atoms with van der Waals surface area (Å²) >= 11 is 2.24. The Kier molecular flexibility index (Phi) is 6.08. The summed E-state index contributed by atoms with van der Waals surface area (Å²) in [5, 5.41) is 2.98. The molecule has 2 rings (SSSR count). The minimum Gasteiger partial charge on any atom is -0.326 e. The Morgan fingerprint density at radius 3 is 2.84 bits per heavy atom. The summed E-state index contributed by atoms with van der Waals surface area (Å²) in [6, 6.07) is 7.83. The average Bonchev–Trinajstić information content (AvgIpc) is 2.28. The van der Waals surface area contributed by atoms with Gasteiger partial charge in [-0.15, -0.1) is 12.4 Å². The molecule has 3 N–H and O–H groups in total. The quantitative estimate of drug-likeness (QED) is 0.754. The average molecular weight is 395 g/mol. The van der Waals surface area contributed by atoms with Crippen LogP contribution in [0.3, 0.4) is 0 Å². The summed E-state index contributed by atoms with van der Waals surface area (Å²) < 4.78 is 1.12. The van der Waals surface area contributed by atoms with Crippen molar-refractivity contribution in [3.05, 3.63) is 27.8 Å². The predicted octanol–water partition coefficient (Wildman–Crippen LogP) is 3.56. The summed E-state index contributed by atoms with van der Waals surface area (Å²) in [4.78, 5) is 12.3. The van der Waals surface area contributed by atoms with Crippen LogP contribution in [0, 0.1) is 9.49 Å². The number of benzene rings is 1. The molecule has 3 nitrogen and oxygen atoms in total. The van der Waals surface area contributed by atoms with Crippen molar-refractivity contribution in [3.63, 3.8) is 0 Å². The van der Waals surface area contributed by atoms with Crippen LogP contribution in [0.25, 0.3) is 0 Å². The smallest absolute Gasteiger partial charge is 0.229 e. The van der Waals surface area contributed by atoms with E-state index in [0.717, 1.165) is 34.9 Å². The van der Waals surface area contributed by atoms with Crippen LogP contribution in [0.4, 0.5) is 5.69 Å². The summed E-state index contributed by atoms with van der Waals surface area (Å²) in [7, 11) is 0. The lowest BCUT2D eigenvalue weighted by Gasteiger charge is -2.37. The van der Waals surface area contributed by atoms with Crippen molar-refractivity contribution < 1.29 is 4.79 Å². The molecule has 0 radical (unpaired) electrons. The molecule has 5 heteroatoms. The van der Waals surface area contributed by atoms with Crippen molar-refractivity contribution in [2.45, 2.75) is 38.1 Å². The Hall–Kier alpha value is -0.330. The Labute approximate surface area is 134 Å². The van der Waals surface area contributed by atoms with Gasteiger partial charge in [-0.05, 0) is 60.6 Å². The van der Waals surface area contributed by atoms with E-state index >= 15 is 0 Å². The first-order valence-corrected chi connectivity index (χ1v) is 7.42. The van der Waals surface area contributed by atoms with E-state index < -0.39 is 0 Å². The maximum absolute atomic E-state index is 12.3. The molecule has 19 heavy (non-hydrogen) atoms. The van der Waals surface area contributed by atoms with Gasteiger partial charge in [-0.2, -0.15) is 0 Å². The molecule has 1 aliphatic carbocycles. The highest BCUT2D eigenvalue weighted by molar-refractivity contribution is 14.1. The minimum absolute atomic E-state index is 0. The van der Waals surface area contributed by atoms with Crippen LogP contribution in [-0.4, -0.2) is 11.4 Å². The van der Waals surface area contributed by atoms with Crippen molar-refractivity contribution in [2.24, 2.45) is 11.7 Å². The zero-order valence-corrected chi connectivity index (χ0v) is 14.0.